The van der Waals surface area contributed by atoms with Gasteiger partial charge in [-0.05, 0) is 36.4 Å². The van der Waals surface area contributed by atoms with Gasteiger partial charge in [-0.3, -0.25) is 14.5 Å². The molecule has 0 atom stereocenters. The van der Waals surface area contributed by atoms with Crippen LogP contribution in [0.2, 0.25) is 0 Å². The molecule has 2 amide bonds. The number of benzene rings is 2. The molecule has 1 aliphatic rings. The van der Waals surface area contributed by atoms with Gasteiger partial charge >= 0.3 is 0 Å². The van der Waals surface area contributed by atoms with E-state index in [1.807, 2.05) is 0 Å². The number of imide groups is 1. The number of nitrogens with zero attached hydrogens (tertiary/aromatic N) is 1. The molecule has 0 aliphatic carbocycles. The first-order valence-electron chi connectivity index (χ1n) is 8.63. The fourth-order valence-corrected chi connectivity index (χ4v) is 3.77. The number of hydrogen-bond acceptors (Lipinski definition) is 6. The van der Waals surface area contributed by atoms with Gasteiger partial charge in [0.15, 0.2) is 0 Å². The molecule has 0 saturated carbocycles. The van der Waals surface area contributed by atoms with Crippen LogP contribution in [0.25, 0.3) is 0 Å². The van der Waals surface area contributed by atoms with E-state index in [4.69, 9.17) is 9.47 Å². The Bertz CT molecular complexity index is 956. The molecular formula is C19H20N2O6S. The molecule has 1 fully saturated rings. The minimum atomic E-state index is -3.74. The van der Waals surface area contributed by atoms with E-state index in [1.54, 1.807) is 31.4 Å². The Morgan fingerprint density at radius 1 is 1.00 bits per heavy atom. The lowest BCUT2D eigenvalue weighted by molar-refractivity contribution is -0.121. The summed E-state index contributed by atoms with van der Waals surface area (Å²) in [5.74, 6) is 0.651. The molecule has 0 aromatic heterocycles. The fraction of sp³-hybridized carbons (Fsp3) is 0.263. The first-order chi connectivity index (χ1) is 13.4. The van der Waals surface area contributed by atoms with Crippen LogP contribution in [0.1, 0.15) is 12.8 Å². The molecule has 148 valence electrons. The maximum atomic E-state index is 12.4. The highest BCUT2D eigenvalue weighted by Crippen LogP contribution is 2.24. The molecule has 1 aliphatic heterocycles. The third kappa shape index (κ3) is 4.49. The van der Waals surface area contributed by atoms with Gasteiger partial charge in [0.25, 0.3) is 0 Å². The summed E-state index contributed by atoms with van der Waals surface area (Å²) in [6, 6.07) is 12.6. The van der Waals surface area contributed by atoms with Crippen LogP contribution >= 0.6 is 0 Å². The molecular weight excluding hydrogens is 384 g/mol. The maximum Gasteiger partial charge on any atom is 0.240 e. The Hall–Kier alpha value is -2.91. The van der Waals surface area contributed by atoms with Crippen molar-refractivity contribution in [2.45, 2.75) is 17.7 Å². The zero-order valence-electron chi connectivity index (χ0n) is 15.3. The summed E-state index contributed by atoms with van der Waals surface area (Å²) >= 11 is 0. The lowest BCUT2D eigenvalue weighted by Crippen LogP contribution is -2.29. The van der Waals surface area contributed by atoms with Gasteiger partial charge < -0.3 is 9.47 Å². The third-order valence-corrected chi connectivity index (χ3v) is 5.64. The van der Waals surface area contributed by atoms with Crippen molar-refractivity contribution in [2.75, 3.05) is 25.2 Å². The van der Waals surface area contributed by atoms with E-state index in [0.29, 0.717) is 17.2 Å². The lowest BCUT2D eigenvalue weighted by atomic mass is 10.3. The average molecular weight is 404 g/mol. The smallest absolute Gasteiger partial charge is 0.240 e. The van der Waals surface area contributed by atoms with Gasteiger partial charge in [0.05, 0.1) is 17.7 Å². The summed E-state index contributed by atoms with van der Waals surface area (Å²) in [5, 5.41) is 0. The van der Waals surface area contributed by atoms with Crippen LogP contribution in [0.4, 0.5) is 5.69 Å². The SMILES string of the molecule is COc1cccc(OCCNS(=O)(=O)c2ccc(N3C(=O)CCC3=O)cc2)c1. The molecule has 1 heterocycles. The van der Waals surface area contributed by atoms with E-state index < -0.39 is 10.0 Å². The van der Waals surface area contributed by atoms with E-state index in [2.05, 4.69) is 4.72 Å². The molecule has 9 heteroatoms. The molecule has 0 bridgehead atoms. The van der Waals surface area contributed by atoms with Crippen molar-refractivity contribution < 1.29 is 27.5 Å². The van der Waals surface area contributed by atoms with Gasteiger partial charge in [-0.25, -0.2) is 13.1 Å². The molecule has 28 heavy (non-hydrogen) atoms. The van der Waals surface area contributed by atoms with Crippen LogP contribution in [-0.2, 0) is 19.6 Å². The van der Waals surface area contributed by atoms with E-state index in [0.717, 1.165) is 4.90 Å². The van der Waals surface area contributed by atoms with Crippen LogP contribution in [0, 0.1) is 0 Å². The normalized spacial score (nSPS) is 14.4. The van der Waals surface area contributed by atoms with Gasteiger partial charge in [-0.15, -0.1) is 0 Å². The van der Waals surface area contributed by atoms with Crippen molar-refractivity contribution in [3.63, 3.8) is 0 Å². The van der Waals surface area contributed by atoms with Crippen molar-refractivity contribution >= 4 is 27.5 Å². The van der Waals surface area contributed by atoms with E-state index in [9.17, 15) is 18.0 Å². The number of methoxy groups -OCH3 is 1. The minimum absolute atomic E-state index is 0.0386. The molecule has 1 N–H and O–H groups in total. The Balaban J connectivity index is 1.57. The fourth-order valence-electron chi connectivity index (χ4n) is 2.76. The first kappa shape index (κ1) is 19.8. The third-order valence-electron chi connectivity index (χ3n) is 4.16. The molecule has 0 unspecified atom stereocenters. The van der Waals surface area contributed by atoms with E-state index >= 15 is 0 Å². The molecule has 0 spiro atoms. The number of carbonyl (C=O) groups excluding carboxylic acids is 2. The lowest BCUT2D eigenvalue weighted by Gasteiger charge is -2.14. The topological polar surface area (TPSA) is 102 Å². The minimum Gasteiger partial charge on any atom is -0.497 e. The number of hydrogen-bond donors (Lipinski definition) is 1. The summed E-state index contributed by atoms with van der Waals surface area (Å²) < 4.78 is 37.8. The largest absolute Gasteiger partial charge is 0.497 e. The van der Waals surface area contributed by atoms with Crippen molar-refractivity contribution in [3.05, 3.63) is 48.5 Å². The summed E-state index contributed by atoms with van der Waals surface area (Å²) in [6.45, 7) is 0.214. The maximum absolute atomic E-state index is 12.4. The predicted molar refractivity (Wildman–Crippen MR) is 102 cm³/mol. The molecule has 3 rings (SSSR count). The van der Waals surface area contributed by atoms with E-state index in [-0.39, 0.29) is 42.7 Å². The molecule has 8 nitrogen and oxygen atoms in total. The number of amides is 2. The van der Waals surface area contributed by atoms with Crippen molar-refractivity contribution in [1.82, 2.24) is 4.72 Å². The Morgan fingerprint density at radius 2 is 1.64 bits per heavy atom. The summed E-state index contributed by atoms with van der Waals surface area (Å²) in [4.78, 5) is 24.6. The number of ether oxygens (including phenoxy) is 2. The zero-order chi connectivity index (χ0) is 20.1. The second kappa shape index (κ2) is 8.41. The zero-order valence-corrected chi connectivity index (χ0v) is 16.1. The number of sulfonamides is 1. The number of rotatable bonds is 8. The second-order valence-electron chi connectivity index (χ2n) is 6.04. The van der Waals surface area contributed by atoms with Crippen molar-refractivity contribution in [3.8, 4) is 11.5 Å². The quantitative estimate of drug-likeness (QED) is 0.531. The van der Waals surface area contributed by atoms with Crippen LogP contribution in [-0.4, -0.2) is 40.5 Å². The second-order valence-corrected chi connectivity index (χ2v) is 7.81. The van der Waals surface area contributed by atoms with Crippen LogP contribution < -0.4 is 19.1 Å². The van der Waals surface area contributed by atoms with Crippen LogP contribution in [0.15, 0.2) is 53.4 Å². The number of nitrogens with one attached hydrogen (secondary N) is 1. The Kier molecular flexibility index (Phi) is 5.96. The Labute approximate surface area is 163 Å². The van der Waals surface area contributed by atoms with Crippen molar-refractivity contribution in [1.29, 1.82) is 0 Å². The number of carbonyl (C=O) groups is 2. The molecule has 2 aromatic rings. The predicted octanol–water partition coefficient (Wildman–Crippen LogP) is 1.71. The van der Waals surface area contributed by atoms with Gasteiger partial charge in [0.1, 0.15) is 18.1 Å². The van der Waals surface area contributed by atoms with Gasteiger partial charge in [-0.1, -0.05) is 6.07 Å². The van der Waals surface area contributed by atoms with Crippen molar-refractivity contribution in [2.24, 2.45) is 0 Å². The van der Waals surface area contributed by atoms with Gasteiger partial charge in [-0.2, -0.15) is 0 Å². The summed E-state index contributed by atoms with van der Waals surface area (Å²) in [6.07, 6.45) is 0.349. The molecule has 0 radical (unpaired) electrons. The standard InChI is InChI=1S/C19H20N2O6S/c1-26-15-3-2-4-16(13-15)27-12-11-20-28(24,25)17-7-5-14(6-8-17)21-18(22)9-10-19(21)23/h2-8,13,20H,9-12H2,1H3. The Morgan fingerprint density at radius 3 is 2.29 bits per heavy atom. The average Bonchev–Trinajstić information content (AvgIpc) is 3.04. The molecule has 2 aromatic carbocycles. The van der Waals surface area contributed by atoms with Gasteiger partial charge in [0.2, 0.25) is 21.8 Å². The highest BCUT2D eigenvalue weighted by molar-refractivity contribution is 7.89. The summed E-state index contributed by atoms with van der Waals surface area (Å²) in [5.41, 5.74) is 0.368. The summed E-state index contributed by atoms with van der Waals surface area (Å²) in [7, 11) is -2.19. The van der Waals surface area contributed by atoms with Crippen LogP contribution in [0.3, 0.4) is 0 Å². The monoisotopic (exact) mass is 404 g/mol. The number of anilines is 1. The molecule has 1 saturated heterocycles. The van der Waals surface area contributed by atoms with Crippen LogP contribution in [0.5, 0.6) is 11.5 Å². The highest BCUT2D eigenvalue weighted by atomic mass is 32.2. The van der Waals surface area contributed by atoms with Gasteiger partial charge in [0, 0.05) is 25.5 Å². The first-order valence-corrected chi connectivity index (χ1v) is 10.1. The van der Waals surface area contributed by atoms with E-state index in [1.165, 1.54) is 24.3 Å². The highest BCUT2D eigenvalue weighted by Gasteiger charge is 2.30.